The van der Waals surface area contributed by atoms with Gasteiger partial charge in [0.1, 0.15) is 12.7 Å². The van der Waals surface area contributed by atoms with E-state index in [0.717, 1.165) is 0 Å². The Bertz CT molecular complexity index is 258. The van der Waals surface area contributed by atoms with Gasteiger partial charge in [0, 0.05) is 11.5 Å². The Hall–Kier alpha value is -0.360. The molecule has 100 valence electrons. The highest BCUT2D eigenvalue weighted by molar-refractivity contribution is 7.80. The van der Waals surface area contributed by atoms with Gasteiger partial charge in [-0.3, -0.25) is 9.59 Å². The maximum Gasteiger partial charge on any atom is 0.309 e. The lowest BCUT2D eigenvalue weighted by Gasteiger charge is -2.16. The third-order valence-corrected chi connectivity index (χ3v) is 3.23. The van der Waals surface area contributed by atoms with Gasteiger partial charge in [-0.05, 0) is 6.92 Å². The molecule has 0 rings (SSSR count). The Labute approximate surface area is 113 Å². The molecule has 0 heterocycles. The molecular weight excluding hydrogens is 260 g/mol. The maximum atomic E-state index is 11.4. The summed E-state index contributed by atoms with van der Waals surface area (Å²) in [5, 5.41) is 0. The fourth-order valence-corrected chi connectivity index (χ4v) is 1.14. The van der Waals surface area contributed by atoms with E-state index in [4.69, 9.17) is 9.47 Å². The van der Waals surface area contributed by atoms with Gasteiger partial charge in [0.05, 0.1) is 11.8 Å². The minimum Gasteiger partial charge on any atom is -0.462 e. The van der Waals surface area contributed by atoms with Crippen molar-refractivity contribution in [3.05, 3.63) is 0 Å². The van der Waals surface area contributed by atoms with Gasteiger partial charge in [-0.15, -0.1) is 0 Å². The molecule has 0 spiro atoms. The molecule has 0 aromatic rings. The molecule has 0 fully saturated rings. The van der Waals surface area contributed by atoms with Crippen LogP contribution in [-0.4, -0.2) is 36.2 Å². The molecule has 0 bridgehead atoms. The molecular formula is C11H20O4S2. The number of carbonyl (C=O) groups excluding carboxylic acids is 2. The van der Waals surface area contributed by atoms with Crippen molar-refractivity contribution < 1.29 is 19.1 Å². The van der Waals surface area contributed by atoms with Crippen molar-refractivity contribution in [2.24, 2.45) is 11.8 Å². The number of rotatable bonds is 7. The predicted molar refractivity (Wildman–Crippen MR) is 72.5 cm³/mol. The van der Waals surface area contributed by atoms with Crippen molar-refractivity contribution in [1.82, 2.24) is 0 Å². The summed E-state index contributed by atoms with van der Waals surface area (Å²) in [7, 11) is 0. The van der Waals surface area contributed by atoms with Crippen molar-refractivity contribution in [2.45, 2.75) is 26.9 Å². The fourth-order valence-electron chi connectivity index (χ4n) is 0.839. The zero-order valence-electron chi connectivity index (χ0n) is 10.4. The summed E-state index contributed by atoms with van der Waals surface area (Å²) in [6, 6.07) is 0. The number of thiol groups is 2. The number of carbonyl (C=O) groups is 2. The van der Waals surface area contributed by atoms with Crippen LogP contribution in [0.3, 0.4) is 0 Å². The molecule has 6 heteroatoms. The quantitative estimate of drug-likeness (QED) is 0.549. The molecule has 0 aliphatic carbocycles. The normalized spacial score (nSPS) is 15.8. The Morgan fingerprint density at radius 1 is 1.00 bits per heavy atom. The van der Waals surface area contributed by atoms with Crippen LogP contribution < -0.4 is 0 Å². The summed E-state index contributed by atoms with van der Waals surface area (Å²) in [5.41, 5.74) is 0. The van der Waals surface area contributed by atoms with Gasteiger partial charge in [0.25, 0.3) is 0 Å². The molecule has 3 unspecified atom stereocenters. The number of esters is 2. The van der Waals surface area contributed by atoms with Crippen LogP contribution in [0.4, 0.5) is 0 Å². The fraction of sp³-hybridized carbons (Fsp3) is 0.818. The molecule has 4 nitrogen and oxygen atoms in total. The average Bonchev–Trinajstić information content (AvgIpc) is 2.33. The zero-order chi connectivity index (χ0) is 13.4. The molecule has 0 aromatic heterocycles. The lowest BCUT2D eigenvalue weighted by molar-refractivity contribution is -0.161. The summed E-state index contributed by atoms with van der Waals surface area (Å²) < 4.78 is 10.1. The average molecular weight is 280 g/mol. The second kappa shape index (κ2) is 8.69. The van der Waals surface area contributed by atoms with Crippen molar-refractivity contribution >= 4 is 37.2 Å². The van der Waals surface area contributed by atoms with Crippen LogP contribution in [0.15, 0.2) is 0 Å². The first-order valence-corrected chi connectivity index (χ1v) is 6.77. The summed E-state index contributed by atoms with van der Waals surface area (Å²) in [6.07, 6.45) is -0.444. The van der Waals surface area contributed by atoms with Gasteiger partial charge < -0.3 is 9.47 Å². The van der Waals surface area contributed by atoms with Crippen LogP contribution in [0, 0.1) is 11.8 Å². The second-order valence-electron chi connectivity index (χ2n) is 4.04. The van der Waals surface area contributed by atoms with Crippen molar-refractivity contribution in [3.63, 3.8) is 0 Å². The third-order valence-electron chi connectivity index (χ3n) is 2.13. The second-order valence-corrected chi connectivity index (χ2v) is 4.78. The monoisotopic (exact) mass is 280 g/mol. The Balaban J connectivity index is 3.91. The molecule has 0 radical (unpaired) electrons. The topological polar surface area (TPSA) is 52.6 Å². The van der Waals surface area contributed by atoms with E-state index in [-0.39, 0.29) is 30.4 Å². The van der Waals surface area contributed by atoms with Crippen molar-refractivity contribution in [3.8, 4) is 0 Å². The molecule has 0 aliphatic heterocycles. The summed E-state index contributed by atoms with van der Waals surface area (Å²) >= 11 is 8.01. The molecule has 0 amide bonds. The first-order valence-electron chi connectivity index (χ1n) is 5.51. The van der Waals surface area contributed by atoms with Gasteiger partial charge in [-0.25, -0.2) is 0 Å². The zero-order valence-corrected chi connectivity index (χ0v) is 12.2. The van der Waals surface area contributed by atoms with Gasteiger partial charge in [-0.2, -0.15) is 25.3 Å². The highest BCUT2D eigenvalue weighted by atomic mass is 32.1. The van der Waals surface area contributed by atoms with Crippen molar-refractivity contribution in [1.29, 1.82) is 0 Å². The summed E-state index contributed by atoms with van der Waals surface area (Å²) in [5.74, 6) is -0.299. The third kappa shape index (κ3) is 6.83. The minimum atomic E-state index is -0.444. The molecule has 0 saturated carbocycles. The van der Waals surface area contributed by atoms with E-state index in [2.05, 4.69) is 25.3 Å². The molecule has 0 N–H and O–H groups in total. The minimum absolute atomic E-state index is 0.0714. The van der Waals surface area contributed by atoms with E-state index >= 15 is 0 Å². The highest BCUT2D eigenvalue weighted by Gasteiger charge is 2.18. The summed E-state index contributed by atoms with van der Waals surface area (Å²) in [6.45, 7) is 5.22. The maximum absolute atomic E-state index is 11.4. The number of hydrogen-bond acceptors (Lipinski definition) is 6. The lowest BCUT2D eigenvalue weighted by atomic mass is 10.2. The Morgan fingerprint density at radius 3 is 1.94 bits per heavy atom. The first kappa shape index (κ1) is 16.6. The van der Waals surface area contributed by atoms with E-state index in [1.54, 1.807) is 20.8 Å². The number of ether oxygens (including phenoxy) is 2. The van der Waals surface area contributed by atoms with Crippen LogP contribution in [-0.2, 0) is 19.1 Å². The lowest BCUT2D eigenvalue weighted by Crippen LogP contribution is -2.27. The standard InChI is InChI=1S/C11H20O4S2/c1-7(5-16)10(12)14-4-9(3)15-11(13)8(2)6-17/h7-9,16-17H,4-6H2,1-3H3. The number of hydrogen-bond donors (Lipinski definition) is 2. The van der Waals surface area contributed by atoms with E-state index in [9.17, 15) is 9.59 Å². The van der Waals surface area contributed by atoms with Gasteiger partial charge in [0.15, 0.2) is 0 Å². The van der Waals surface area contributed by atoms with Gasteiger partial charge in [0.2, 0.25) is 0 Å². The van der Waals surface area contributed by atoms with Crippen LogP contribution >= 0.6 is 25.3 Å². The van der Waals surface area contributed by atoms with Gasteiger partial charge >= 0.3 is 11.9 Å². The van der Waals surface area contributed by atoms with E-state index in [0.29, 0.717) is 11.5 Å². The molecule has 17 heavy (non-hydrogen) atoms. The van der Waals surface area contributed by atoms with Crippen LogP contribution in [0.25, 0.3) is 0 Å². The molecule has 3 atom stereocenters. The SMILES string of the molecule is CC(COC(=O)C(C)CS)OC(=O)C(C)CS. The smallest absolute Gasteiger partial charge is 0.309 e. The van der Waals surface area contributed by atoms with E-state index in [1.807, 2.05) is 0 Å². The predicted octanol–water partition coefficient (Wildman–Crippen LogP) is 1.59. The molecule has 0 aromatic carbocycles. The molecule has 0 saturated heterocycles. The highest BCUT2D eigenvalue weighted by Crippen LogP contribution is 2.06. The largest absolute Gasteiger partial charge is 0.462 e. The first-order chi connectivity index (χ1) is 7.92. The van der Waals surface area contributed by atoms with Crippen LogP contribution in [0.1, 0.15) is 20.8 Å². The van der Waals surface area contributed by atoms with E-state index < -0.39 is 6.10 Å². The molecule has 0 aliphatic rings. The Kier molecular flexibility index (Phi) is 8.51. The summed E-state index contributed by atoms with van der Waals surface area (Å²) in [4.78, 5) is 22.7. The van der Waals surface area contributed by atoms with Crippen LogP contribution in [0.2, 0.25) is 0 Å². The van der Waals surface area contributed by atoms with Gasteiger partial charge in [-0.1, -0.05) is 13.8 Å². The van der Waals surface area contributed by atoms with Crippen LogP contribution in [0.5, 0.6) is 0 Å². The Morgan fingerprint density at radius 2 is 1.47 bits per heavy atom. The van der Waals surface area contributed by atoms with Crippen molar-refractivity contribution in [2.75, 3.05) is 18.1 Å². The van der Waals surface area contributed by atoms with E-state index in [1.165, 1.54) is 0 Å².